The number of nitrogens with one attached hydrogen (secondary N) is 1. The first-order valence-electron chi connectivity index (χ1n) is 3.56. The Morgan fingerprint density at radius 1 is 1.62 bits per heavy atom. The maximum absolute atomic E-state index is 12.9. The molecule has 2 nitrogen and oxygen atoms in total. The van der Waals surface area contributed by atoms with Crippen molar-refractivity contribution in [2.45, 2.75) is 6.04 Å². The largest absolute Gasteiger partial charge is 0.270 e. The normalized spacial score (nSPS) is 12.2. The molecule has 0 saturated carbocycles. The summed E-state index contributed by atoms with van der Waals surface area (Å²) in [6, 6.07) is 3.82. The van der Waals surface area contributed by atoms with Crippen molar-refractivity contribution in [1.82, 2.24) is 5.43 Å². The Balaban J connectivity index is 3.04. The van der Waals surface area contributed by atoms with Crippen LogP contribution in [0, 0.1) is 18.2 Å². The number of hydrazine groups is 1. The minimum absolute atomic E-state index is 0.0662. The summed E-state index contributed by atoms with van der Waals surface area (Å²) in [5, 5.41) is 0.0662. The molecule has 0 fully saturated rings. The van der Waals surface area contributed by atoms with Gasteiger partial charge in [-0.25, -0.2) is 9.82 Å². The first-order chi connectivity index (χ1) is 6.19. The van der Waals surface area contributed by atoms with Crippen molar-refractivity contribution in [1.29, 1.82) is 0 Å². The van der Waals surface area contributed by atoms with Crippen molar-refractivity contribution in [3.63, 3.8) is 0 Å². The summed E-state index contributed by atoms with van der Waals surface area (Å²) in [7, 11) is 0. The number of halogens is 2. The third-order valence-corrected chi connectivity index (χ3v) is 1.92. The lowest BCUT2D eigenvalue weighted by atomic mass is 10.1. The minimum Gasteiger partial charge on any atom is -0.270 e. The van der Waals surface area contributed by atoms with Crippen LogP contribution in [0.2, 0.25) is 5.02 Å². The third-order valence-electron chi connectivity index (χ3n) is 1.61. The smallest absolute Gasteiger partial charge is 0.142 e. The molecule has 1 unspecified atom stereocenters. The number of hydrogen-bond donors (Lipinski definition) is 2. The van der Waals surface area contributed by atoms with E-state index < -0.39 is 11.9 Å². The van der Waals surface area contributed by atoms with Crippen LogP contribution in [-0.4, -0.2) is 0 Å². The van der Waals surface area contributed by atoms with Gasteiger partial charge in [0.2, 0.25) is 0 Å². The summed E-state index contributed by atoms with van der Waals surface area (Å²) in [4.78, 5) is 0. The summed E-state index contributed by atoms with van der Waals surface area (Å²) in [6.45, 7) is 0. The minimum atomic E-state index is -0.505. The summed E-state index contributed by atoms with van der Waals surface area (Å²) in [5.41, 5.74) is 2.94. The van der Waals surface area contributed by atoms with Crippen molar-refractivity contribution in [3.8, 4) is 12.3 Å². The second kappa shape index (κ2) is 4.24. The van der Waals surface area contributed by atoms with Gasteiger partial charge in [-0.05, 0) is 17.7 Å². The van der Waals surface area contributed by atoms with Crippen LogP contribution in [0.4, 0.5) is 4.39 Å². The van der Waals surface area contributed by atoms with Gasteiger partial charge in [0.15, 0.2) is 0 Å². The molecule has 0 aliphatic heterocycles. The number of benzene rings is 1. The Hall–Kier alpha value is -1.08. The molecule has 0 spiro atoms. The Morgan fingerprint density at radius 2 is 2.31 bits per heavy atom. The van der Waals surface area contributed by atoms with Crippen molar-refractivity contribution in [2.24, 2.45) is 5.84 Å². The molecule has 0 radical (unpaired) electrons. The molecule has 3 N–H and O–H groups in total. The molecule has 0 amide bonds. The van der Waals surface area contributed by atoms with Gasteiger partial charge in [-0.1, -0.05) is 23.6 Å². The maximum atomic E-state index is 12.9. The van der Waals surface area contributed by atoms with Crippen LogP contribution in [0.5, 0.6) is 0 Å². The molecular formula is C9H8ClFN2. The lowest BCUT2D eigenvalue weighted by Gasteiger charge is -2.09. The number of hydrogen-bond acceptors (Lipinski definition) is 2. The second-order valence-corrected chi connectivity index (χ2v) is 2.85. The molecule has 1 aromatic carbocycles. The van der Waals surface area contributed by atoms with Gasteiger partial charge >= 0.3 is 0 Å². The van der Waals surface area contributed by atoms with Crippen LogP contribution in [-0.2, 0) is 0 Å². The molecule has 13 heavy (non-hydrogen) atoms. The molecule has 0 heterocycles. The van der Waals surface area contributed by atoms with E-state index >= 15 is 0 Å². The lowest BCUT2D eigenvalue weighted by Crippen LogP contribution is -2.26. The van der Waals surface area contributed by atoms with Gasteiger partial charge in [0.25, 0.3) is 0 Å². The summed E-state index contributed by atoms with van der Waals surface area (Å²) < 4.78 is 12.9. The first-order valence-corrected chi connectivity index (χ1v) is 3.94. The van der Waals surface area contributed by atoms with Gasteiger partial charge in [-0.3, -0.25) is 5.84 Å². The third kappa shape index (κ3) is 2.19. The molecule has 0 bridgehead atoms. The quantitative estimate of drug-likeness (QED) is 0.431. The van der Waals surface area contributed by atoms with E-state index in [9.17, 15) is 4.39 Å². The van der Waals surface area contributed by atoms with Crippen LogP contribution in [0.1, 0.15) is 11.6 Å². The van der Waals surface area contributed by atoms with Crippen LogP contribution >= 0.6 is 11.6 Å². The highest BCUT2D eigenvalue weighted by atomic mass is 35.5. The molecule has 0 aliphatic rings. The highest BCUT2D eigenvalue weighted by Crippen LogP contribution is 2.19. The molecule has 1 atom stereocenters. The van der Waals surface area contributed by atoms with Crippen LogP contribution in [0.25, 0.3) is 0 Å². The fourth-order valence-corrected chi connectivity index (χ4v) is 1.05. The van der Waals surface area contributed by atoms with Crippen molar-refractivity contribution in [3.05, 3.63) is 34.6 Å². The Bertz CT molecular complexity index is 346. The number of nitrogens with two attached hydrogens (primary N) is 1. The zero-order valence-electron chi connectivity index (χ0n) is 6.72. The zero-order valence-corrected chi connectivity index (χ0v) is 7.48. The van der Waals surface area contributed by atoms with Crippen molar-refractivity contribution >= 4 is 11.6 Å². The number of terminal acetylenes is 1. The average molecular weight is 199 g/mol. The van der Waals surface area contributed by atoms with Gasteiger partial charge in [-0.15, -0.1) is 6.42 Å². The standard InChI is InChI=1S/C9H8ClFN2/c1-2-9(13-12)6-3-4-7(10)8(11)5-6/h1,3-5,9,13H,12H2. The van der Waals surface area contributed by atoms with E-state index in [4.69, 9.17) is 23.9 Å². The molecule has 68 valence electrons. The van der Waals surface area contributed by atoms with Gasteiger partial charge in [0.05, 0.1) is 5.02 Å². The Labute approximate surface area is 80.9 Å². The summed E-state index contributed by atoms with van der Waals surface area (Å²) >= 11 is 5.49. The fourth-order valence-electron chi connectivity index (χ4n) is 0.933. The molecule has 1 aromatic rings. The molecule has 1 rings (SSSR count). The topological polar surface area (TPSA) is 38.0 Å². The van der Waals surface area contributed by atoms with Crippen LogP contribution in [0.15, 0.2) is 18.2 Å². The predicted molar refractivity (Wildman–Crippen MR) is 50.3 cm³/mol. The summed E-state index contributed by atoms with van der Waals surface area (Å²) in [5.74, 6) is 7.02. The van der Waals surface area contributed by atoms with Gasteiger partial charge < -0.3 is 0 Å². The Kier molecular flexibility index (Phi) is 3.26. The first kappa shape index (κ1) is 10.0. The van der Waals surface area contributed by atoms with E-state index in [1.54, 1.807) is 6.07 Å². The van der Waals surface area contributed by atoms with Gasteiger partial charge in [-0.2, -0.15) is 0 Å². The van der Waals surface area contributed by atoms with Crippen LogP contribution < -0.4 is 11.3 Å². The van der Waals surface area contributed by atoms with E-state index in [0.717, 1.165) is 0 Å². The maximum Gasteiger partial charge on any atom is 0.142 e. The Morgan fingerprint density at radius 3 is 2.77 bits per heavy atom. The predicted octanol–water partition coefficient (Wildman–Crippen LogP) is 1.62. The number of rotatable bonds is 2. The zero-order chi connectivity index (χ0) is 9.84. The second-order valence-electron chi connectivity index (χ2n) is 2.44. The SMILES string of the molecule is C#CC(NN)c1ccc(Cl)c(F)c1. The van der Waals surface area contributed by atoms with E-state index in [1.165, 1.54) is 12.1 Å². The lowest BCUT2D eigenvalue weighted by molar-refractivity contribution is 0.616. The van der Waals surface area contributed by atoms with E-state index in [2.05, 4.69) is 11.3 Å². The fraction of sp³-hybridized carbons (Fsp3) is 0.111. The van der Waals surface area contributed by atoms with Gasteiger partial charge in [0, 0.05) is 0 Å². The van der Waals surface area contributed by atoms with Crippen LogP contribution in [0.3, 0.4) is 0 Å². The van der Waals surface area contributed by atoms with Gasteiger partial charge in [0.1, 0.15) is 11.9 Å². The molecule has 4 heteroatoms. The highest BCUT2D eigenvalue weighted by Gasteiger charge is 2.08. The van der Waals surface area contributed by atoms with E-state index in [0.29, 0.717) is 5.56 Å². The van der Waals surface area contributed by atoms with Crippen molar-refractivity contribution in [2.75, 3.05) is 0 Å². The highest BCUT2D eigenvalue weighted by molar-refractivity contribution is 6.30. The average Bonchev–Trinajstić information content (AvgIpc) is 2.13. The monoisotopic (exact) mass is 198 g/mol. The molecule has 0 aromatic heterocycles. The molecular weight excluding hydrogens is 191 g/mol. The summed E-state index contributed by atoms with van der Waals surface area (Å²) in [6.07, 6.45) is 5.16. The van der Waals surface area contributed by atoms with E-state index in [-0.39, 0.29) is 5.02 Å². The van der Waals surface area contributed by atoms with E-state index in [1.807, 2.05) is 0 Å². The van der Waals surface area contributed by atoms with Crippen molar-refractivity contribution < 1.29 is 4.39 Å². The molecule has 0 saturated heterocycles. The molecule has 0 aliphatic carbocycles.